The van der Waals surface area contributed by atoms with E-state index < -0.39 is 0 Å². The first kappa shape index (κ1) is 15.0. The van der Waals surface area contributed by atoms with Gasteiger partial charge in [0.05, 0.1) is 6.42 Å². The molecule has 104 valence electrons. The Bertz CT molecular complexity index is 441. The molecule has 1 unspecified atom stereocenters. The minimum atomic E-state index is 0.0110. The van der Waals surface area contributed by atoms with Crippen LogP contribution in [0.4, 0.5) is 0 Å². The van der Waals surface area contributed by atoms with Gasteiger partial charge in [-0.1, -0.05) is 49.7 Å². The van der Waals surface area contributed by atoms with Crippen molar-refractivity contribution in [2.45, 2.75) is 26.7 Å². The molecule has 0 fully saturated rings. The molecular formula is C14H21N3O2. The van der Waals surface area contributed by atoms with E-state index in [4.69, 9.17) is 10.9 Å². The summed E-state index contributed by atoms with van der Waals surface area (Å²) in [6.07, 6.45) is 1.39. The summed E-state index contributed by atoms with van der Waals surface area (Å²) in [4.78, 5) is 11.7. The predicted octanol–water partition coefficient (Wildman–Crippen LogP) is 1.49. The summed E-state index contributed by atoms with van der Waals surface area (Å²) >= 11 is 0. The number of rotatable bonds is 6. The van der Waals surface area contributed by atoms with Crippen LogP contribution in [0.2, 0.25) is 0 Å². The van der Waals surface area contributed by atoms with Gasteiger partial charge in [0.25, 0.3) is 0 Å². The molecule has 0 heterocycles. The van der Waals surface area contributed by atoms with Crippen LogP contribution in [0.5, 0.6) is 0 Å². The van der Waals surface area contributed by atoms with E-state index in [-0.39, 0.29) is 11.7 Å². The van der Waals surface area contributed by atoms with Crippen molar-refractivity contribution < 1.29 is 10.0 Å². The number of oxime groups is 1. The molecule has 1 rings (SSSR count). The standard InChI is InChI=1S/C14H21N3O2/c1-3-10(2)9-16-13(18)8-11-4-6-12(7-5-11)14(15)17-19/h4-7,10,19H,3,8-9H2,1-2H3,(H2,15,17)(H,16,18). The fourth-order valence-corrected chi connectivity index (χ4v) is 1.53. The number of hydrogen-bond acceptors (Lipinski definition) is 3. The molecule has 5 nitrogen and oxygen atoms in total. The lowest BCUT2D eigenvalue weighted by Crippen LogP contribution is -2.29. The van der Waals surface area contributed by atoms with Crippen LogP contribution in [0.25, 0.3) is 0 Å². The Morgan fingerprint density at radius 3 is 2.58 bits per heavy atom. The van der Waals surface area contributed by atoms with Crippen molar-refractivity contribution >= 4 is 11.7 Å². The molecule has 0 aliphatic carbocycles. The van der Waals surface area contributed by atoms with Gasteiger partial charge in [0.15, 0.2) is 5.84 Å². The van der Waals surface area contributed by atoms with Crippen molar-refractivity contribution in [1.82, 2.24) is 5.32 Å². The van der Waals surface area contributed by atoms with E-state index in [0.717, 1.165) is 12.0 Å². The van der Waals surface area contributed by atoms with Crippen molar-refractivity contribution in [3.05, 3.63) is 35.4 Å². The highest BCUT2D eigenvalue weighted by Crippen LogP contribution is 2.05. The third-order valence-electron chi connectivity index (χ3n) is 3.07. The number of amides is 1. The number of amidine groups is 1. The second kappa shape index (κ2) is 7.41. The quantitative estimate of drug-likeness (QED) is 0.314. The predicted molar refractivity (Wildman–Crippen MR) is 75.1 cm³/mol. The smallest absolute Gasteiger partial charge is 0.224 e. The van der Waals surface area contributed by atoms with Gasteiger partial charge in [-0.15, -0.1) is 0 Å². The van der Waals surface area contributed by atoms with Gasteiger partial charge in [0, 0.05) is 12.1 Å². The first-order valence-corrected chi connectivity index (χ1v) is 6.40. The molecule has 0 aromatic heterocycles. The third-order valence-corrected chi connectivity index (χ3v) is 3.07. The highest BCUT2D eigenvalue weighted by atomic mass is 16.4. The van der Waals surface area contributed by atoms with E-state index in [2.05, 4.69) is 24.3 Å². The molecule has 1 atom stereocenters. The van der Waals surface area contributed by atoms with E-state index in [1.54, 1.807) is 24.3 Å². The highest BCUT2D eigenvalue weighted by molar-refractivity contribution is 5.97. The van der Waals surface area contributed by atoms with Crippen molar-refractivity contribution in [3.63, 3.8) is 0 Å². The van der Waals surface area contributed by atoms with E-state index in [1.807, 2.05) is 0 Å². The van der Waals surface area contributed by atoms with Crippen LogP contribution in [-0.4, -0.2) is 23.5 Å². The molecule has 0 saturated heterocycles. The molecule has 0 bridgehead atoms. The zero-order valence-electron chi connectivity index (χ0n) is 11.4. The van der Waals surface area contributed by atoms with Gasteiger partial charge in [-0.25, -0.2) is 0 Å². The lowest BCUT2D eigenvalue weighted by atomic mass is 10.1. The molecule has 1 aromatic carbocycles. The van der Waals surface area contributed by atoms with Crippen LogP contribution in [0, 0.1) is 5.92 Å². The number of carbonyl (C=O) groups excluding carboxylic acids is 1. The van der Waals surface area contributed by atoms with E-state index in [1.165, 1.54) is 0 Å². The number of carbonyl (C=O) groups is 1. The molecule has 19 heavy (non-hydrogen) atoms. The van der Waals surface area contributed by atoms with Crippen LogP contribution in [0.3, 0.4) is 0 Å². The van der Waals surface area contributed by atoms with Gasteiger partial charge in [0.2, 0.25) is 5.91 Å². The Kier molecular flexibility index (Phi) is 5.85. The minimum Gasteiger partial charge on any atom is -0.409 e. The van der Waals surface area contributed by atoms with Gasteiger partial charge in [0.1, 0.15) is 0 Å². The Balaban J connectivity index is 2.51. The van der Waals surface area contributed by atoms with Crippen LogP contribution >= 0.6 is 0 Å². The fraction of sp³-hybridized carbons (Fsp3) is 0.429. The molecule has 0 aliphatic rings. The Morgan fingerprint density at radius 2 is 2.05 bits per heavy atom. The van der Waals surface area contributed by atoms with Crippen molar-refractivity contribution in [2.24, 2.45) is 16.8 Å². The summed E-state index contributed by atoms with van der Waals surface area (Å²) in [7, 11) is 0. The molecule has 5 heteroatoms. The lowest BCUT2D eigenvalue weighted by Gasteiger charge is -2.10. The zero-order valence-corrected chi connectivity index (χ0v) is 11.4. The topological polar surface area (TPSA) is 87.7 Å². The van der Waals surface area contributed by atoms with Gasteiger partial charge < -0.3 is 16.3 Å². The Morgan fingerprint density at radius 1 is 1.42 bits per heavy atom. The fourth-order valence-electron chi connectivity index (χ4n) is 1.53. The number of nitrogens with two attached hydrogens (primary N) is 1. The lowest BCUT2D eigenvalue weighted by molar-refractivity contribution is -0.120. The van der Waals surface area contributed by atoms with Crippen molar-refractivity contribution in [3.8, 4) is 0 Å². The van der Waals surface area contributed by atoms with E-state index >= 15 is 0 Å². The zero-order chi connectivity index (χ0) is 14.3. The average molecular weight is 263 g/mol. The van der Waals surface area contributed by atoms with Crippen molar-refractivity contribution in [2.75, 3.05) is 6.54 Å². The largest absolute Gasteiger partial charge is 0.409 e. The molecule has 1 aromatic rings. The minimum absolute atomic E-state index is 0.0110. The second-order valence-corrected chi connectivity index (χ2v) is 4.68. The molecular weight excluding hydrogens is 242 g/mol. The Labute approximate surface area is 113 Å². The summed E-state index contributed by atoms with van der Waals surface area (Å²) in [5.41, 5.74) is 6.99. The van der Waals surface area contributed by atoms with Crippen LogP contribution < -0.4 is 11.1 Å². The summed E-state index contributed by atoms with van der Waals surface area (Å²) in [5, 5.41) is 14.4. The van der Waals surface area contributed by atoms with Crippen molar-refractivity contribution in [1.29, 1.82) is 0 Å². The molecule has 0 spiro atoms. The maximum Gasteiger partial charge on any atom is 0.224 e. The molecule has 4 N–H and O–H groups in total. The molecule has 0 aliphatic heterocycles. The summed E-state index contributed by atoms with van der Waals surface area (Å²) in [6.45, 7) is 4.91. The van der Waals surface area contributed by atoms with Crippen LogP contribution in [-0.2, 0) is 11.2 Å². The van der Waals surface area contributed by atoms with E-state index in [9.17, 15) is 4.79 Å². The molecule has 0 saturated carbocycles. The number of nitrogens with zero attached hydrogens (tertiary/aromatic N) is 1. The SMILES string of the molecule is CCC(C)CNC(=O)Cc1ccc(C(N)=NO)cc1. The van der Waals surface area contributed by atoms with Gasteiger partial charge in [-0.2, -0.15) is 0 Å². The van der Waals surface area contributed by atoms with Crippen LogP contribution in [0.1, 0.15) is 31.4 Å². The van der Waals surface area contributed by atoms with Gasteiger partial charge in [-0.05, 0) is 11.5 Å². The van der Waals surface area contributed by atoms with Gasteiger partial charge >= 0.3 is 0 Å². The second-order valence-electron chi connectivity index (χ2n) is 4.68. The normalized spacial score (nSPS) is 13.1. The maximum absolute atomic E-state index is 11.7. The van der Waals surface area contributed by atoms with Crippen LogP contribution in [0.15, 0.2) is 29.4 Å². The molecule has 1 amide bonds. The summed E-state index contributed by atoms with van der Waals surface area (Å²) < 4.78 is 0. The monoisotopic (exact) mass is 263 g/mol. The summed E-state index contributed by atoms with van der Waals surface area (Å²) in [6, 6.07) is 7.06. The number of hydrogen-bond donors (Lipinski definition) is 3. The Hall–Kier alpha value is -2.04. The first-order valence-electron chi connectivity index (χ1n) is 6.40. The third kappa shape index (κ3) is 4.99. The number of benzene rings is 1. The average Bonchev–Trinajstić information content (AvgIpc) is 2.44. The van der Waals surface area contributed by atoms with E-state index in [0.29, 0.717) is 24.4 Å². The molecule has 0 radical (unpaired) electrons. The van der Waals surface area contributed by atoms with Gasteiger partial charge in [-0.3, -0.25) is 4.79 Å². The highest BCUT2D eigenvalue weighted by Gasteiger charge is 2.06. The summed E-state index contributed by atoms with van der Waals surface area (Å²) in [5.74, 6) is 0.566. The maximum atomic E-state index is 11.7. The number of nitrogens with one attached hydrogen (secondary N) is 1. The first-order chi connectivity index (χ1) is 9.06.